The number of nitrogens with one attached hydrogen (secondary N) is 1. The first-order chi connectivity index (χ1) is 9.19. The molecule has 0 radical (unpaired) electrons. The van der Waals surface area contributed by atoms with E-state index in [0.29, 0.717) is 19.3 Å². The minimum absolute atomic E-state index is 0.184. The minimum atomic E-state index is -3.80. The highest BCUT2D eigenvalue weighted by Gasteiger charge is 2.51. The molecule has 8 heteroatoms. The van der Waals surface area contributed by atoms with Gasteiger partial charge in [-0.2, -0.15) is 4.31 Å². The fourth-order valence-corrected chi connectivity index (χ4v) is 5.58. The Morgan fingerprint density at radius 2 is 2.05 bits per heavy atom. The second-order valence-corrected chi connectivity index (χ2v) is 7.92. The maximum atomic E-state index is 12.7. The Hall–Kier alpha value is -1.15. The maximum Gasteiger partial charge on any atom is 0.307 e. The molecule has 2 aliphatic rings. The summed E-state index contributed by atoms with van der Waals surface area (Å²) in [4.78, 5) is 23.1. The van der Waals surface area contributed by atoms with Crippen molar-refractivity contribution in [1.29, 1.82) is 0 Å². The zero-order chi connectivity index (χ0) is 15.1. The largest absolute Gasteiger partial charge is 0.481 e. The molecule has 1 aliphatic heterocycles. The minimum Gasteiger partial charge on any atom is -0.481 e. The van der Waals surface area contributed by atoms with Gasteiger partial charge in [0.1, 0.15) is 5.54 Å². The molecule has 20 heavy (non-hydrogen) atoms. The van der Waals surface area contributed by atoms with Crippen molar-refractivity contribution in [3.8, 4) is 0 Å². The van der Waals surface area contributed by atoms with E-state index in [1.807, 2.05) is 0 Å². The molecule has 0 aromatic heterocycles. The van der Waals surface area contributed by atoms with E-state index in [1.165, 1.54) is 4.31 Å². The first kappa shape index (κ1) is 15.2. The molecule has 1 saturated carbocycles. The molecule has 7 nitrogen and oxygen atoms in total. The van der Waals surface area contributed by atoms with Gasteiger partial charge < -0.3 is 10.4 Å². The van der Waals surface area contributed by atoms with Gasteiger partial charge in [0.05, 0.1) is 11.2 Å². The normalized spacial score (nSPS) is 31.0. The highest BCUT2D eigenvalue weighted by Crippen LogP contribution is 2.36. The van der Waals surface area contributed by atoms with Gasteiger partial charge in [-0.3, -0.25) is 9.59 Å². The second-order valence-electron chi connectivity index (χ2n) is 5.85. The first-order valence-electron chi connectivity index (χ1n) is 6.72. The van der Waals surface area contributed by atoms with Crippen LogP contribution in [0.15, 0.2) is 0 Å². The predicted octanol–water partition coefficient (Wildman–Crippen LogP) is -0.220. The number of hydrogen-bond donors (Lipinski definition) is 2. The van der Waals surface area contributed by atoms with E-state index < -0.39 is 32.7 Å². The summed E-state index contributed by atoms with van der Waals surface area (Å²) >= 11 is 0. The van der Waals surface area contributed by atoms with Crippen LogP contribution in [-0.2, 0) is 19.6 Å². The van der Waals surface area contributed by atoms with E-state index >= 15 is 0 Å². The van der Waals surface area contributed by atoms with E-state index in [0.717, 1.165) is 0 Å². The number of sulfonamides is 1. The summed E-state index contributed by atoms with van der Waals surface area (Å²) < 4.78 is 26.7. The fraction of sp³-hybridized carbons (Fsp3) is 0.833. The molecule has 2 N–H and O–H groups in total. The molecule has 2 rings (SSSR count). The summed E-state index contributed by atoms with van der Waals surface area (Å²) in [6.45, 7) is 3.53. The highest BCUT2D eigenvalue weighted by molar-refractivity contribution is 7.89. The van der Waals surface area contributed by atoms with Crippen molar-refractivity contribution in [2.45, 2.75) is 43.9 Å². The molecule has 2 unspecified atom stereocenters. The van der Waals surface area contributed by atoms with Crippen LogP contribution < -0.4 is 5.32 Å². The van der Waals surface area contributed by atoms with Crippen LogP contribution in [0.4, 0.5) is 0 Å². The van der Waals surface area contributed by atoms with Gasteiger partial charge in [0.15, 0.2) is 0 Å². The van der Waals surface area contributed by atoms with Gasteiger partial charge in [-0.1, -0.05) is 6.42 Å². The topological polar surface area (TPSA) is 104 Å². The van der Waals surface area contributed by atoms with Crippen molar-refractivity contribution in [3.05, 3.63) is 0 Å². The summed E-state index contributed by atoms with van der Waals surface area (Å²) in [5.41, 5.74) is -1.18. The van der Waals surface area contributed by atoms with Crippen LogP contribution in [0.1, 0.15) is 33.1 Å². The smallest absolute Gasteiger partial charge is 0.307 e. The van der Waals surface area contributed by atoms with E-state index in [1.54, 1.807) is 13.8 Å². The van der Waals surface area contributed by atoms with E-state index in [4.69, 9.17) is 5.11 Å². The lowest BCUT2D eigenvalue weighted by molar-refractivity contribution is -0.141. The number of rotatable bonds is 3. The number of aliphatic carboxylic acids is 1. The third-order valence-electron chi connectivity index (χ3n) is 4.24. The van der Waals surface area contributed by atoms with Crippen molar-refractivity contribution in [2.24, 2.45) is 5.92 Å². The van der Waals surface area contributed by atoms with Gasteiger partial charge in [-0.25, -0.2) is 8.42 Å². The summed E-state index contributed by atoms with van der Waals surface area (Å²) in [7, 11) is -3.80. The van der Waals surface area contributed by atoms with Crippen LogP contribution in [0.2, 0.25) is 0 Å². The number of carbonyl (C=O) groups excluding carboxylic acids is 1. The maximum absolute atomic E-state index is 12.7. The van der Waals surface area contributed by atoms with Gasteiger partial charge in [0.25, 0.3) is 0 Å². The number of carboxylic acids is 1. The summed E-state index contributed by atoms with van der Waals surface area (Å²) in [5.74, 6) is -2.30. The molecule has 1 aliphatic carbocycles. The molecule has 1 heterocycles. The Bertz CT molecular complexity index is 528. The molecule has 0 aromatic rings. The average molecular weight is 304 g/mol. The number of hydrogen-bond acceptors (Lipinski definition) is 4. The molecule has 2 fully saturated rings. The van der Waals surface area contributed by atoms with E-state index in [2.05, 4.69) is 5.32 Å². The van der Waals surface area contributed by atoms with E-state index in [9.17, 15) is 18.0 Å². The molecule has 1 saturated heterocycles. The molecule has 0 spiro atoms. The van der Waals surface area contributed by atoms with Crippen molar-refractivity contribution < 1.29 is 23.1 Å². The number of carboxylic acid groups (broad SMARTS) is 1. The van der Waals surface area contributed by atoms with Crippen molar-refractivity contribution >= 4 is 21.9 Å². The molecule has 0 bridgehead atoms. The number of nitrogens with zero attached hydrogens (tertiary/aromatic N) is 1. The summed E-state index contributed by atoms with van der Waals surface area (Å²) in [5, 5.41) is 10.9. The van der Waals surface area contributed by atoms with Gasteiger partial charge in [-0.15, -0.1) is 0 Å². The van der Waals surface area contributed by atoms with Crippen LogP contribution in [-0.4, -0.2) is 53.6 Å². The fourth-order valence-electron chi connectivity index (χ4n) is 3.05. The third-order valence-corrected chi connectivity index (χ3v) is 6.82. The lowest BCUT2D eigenvalue weighted by Crippen LogP contribution is -2.64. The number of carbonyl (C=O) groups is 2. The quantitative estimate of drug-likeness (QED) is 0.750. The first-order valence-corrected chi connectivity index (χ1v) is 8.22. The molecular formula is C12H20N2O5S. The SMILES string of the molecule is CC1(C)C(=O)NCCN1S(=O)(=O)C1CCCC1C(=O)O. The number of amides is 1. The zero-order valence-electron chi connectivity index (χ0n) is 11.6. The van der Waals surface area contributed by atoms with Crippen molar-refractivity contribution in [2.75, 3.05) is 13.1 Å². The molecule has 1 amide bonds. The molecular weight excluding hydrogens is 284 g/mol. The van der Waals surface area contributed by atoms with Crippen LogP contribution >= 0.6 is 0 Å². The zero-order valence-corrected chi connectivity index (χ0v) is 12.4. The Kier molecular flexibility index (Phi) is 3.81. The summed E-state index contributed by atoms with van der Waals surface area (Å²) in [6.07, 6.45) is 1.30. The Labute approximate surface area is 118 Å². The van der Waals surface area contributed by atoms with Gasteiger partial charge in [0.2, 0.25) is 15.9 Å². The lowest BCUT2D eigenvalue weighted by Gasteiger charge is -2.41. The van der Waals surface area contributed by atoms with Crippen LogP contribution in [0.5, 0.6) is 0 Å². The van der Waals surface area contributed by atoms with Gasteiger partial charge in [0, 0.05) is 13.1 Å². The molecule has 2 atom stereocenters. The average Bonchev–Trinajstić information content (AvgIpc) is 2.82. The van der Waals surface area contributed by atoms with Gasteiger partial charge in [-0.05, 0) is 26.7 Å². The lowest BCUT2D eigenvalue weighted by atomic mass is 10.0. The Balaban J connectivity index is 2.34. The summed E-state index contributed by atoms with van der Waals surface area (Å²) in [6, 6.07) is 0. The molecule has 114 valence electrons. The van der Waals surface area contributed by atoms with E-state index in [-0.39, 0.29) is 19.0 Å². The van der Waals surface area contributed by atoms with Crippen LogP contribution in [0, 0.1) is 5.92 Å². The van der Waals surface area contributed by atoms with Crippen molar-refractivity contribution in [1.82, 2.24) is 9.62 Å². The Morgan fingerprint density at radius 3 is 2.65 bits per heavy atom. The van der Waals surface area contributed by atoms with Crippen LogP contribution in [0.25, 0.3) is 0 Å². The molecule has 0 aromatic carbocycles. The highest BCUT2D eigenvalue weighted by atomic mass is 32.2. The van der Waals surface area contributed by atoms with Crippen LogP contribution in [0.3, 0.4) is 0 Å². The third kappa shape index (κ3) is 2.31. The monoisotopic (exact) mass is 304 g/mol. The predicted molar refractivity (Wildman–Crippen MR) is 71.5 cm³/mol. The van der Waals surface area contributed by atoms with Gasteiger partial charge >= 0.3 is 5.97 Å². The Morgan fingerprint density at radius 1 is 1.40 bits per heavy atom. The number of piperazine rings is 1. The second kappa shape index (κ2) is 5.00. The van der Waals surface area contributed by atoms with Crippen molar-refractivity contribution in [3.63, 3.8) is 0 Å². The standard InChI is InChI=1S/C12H20N2O5S/c1-12(2)11(17)13-6-7-14(12)20(18,19)9-5-3-4-8(9)10(15)16/h8-9H,3-7H2,1-2H3,(H,13,17)(H,15,16).